The maximum absolute atomic E-state index is 12.7. The molecule has 6 atom stereocenters. The average Bonchev–Trinajstić information content (AvgIpc) is 2.68. The number of carbonyl (C=O) groups is 6. The molecule has 0 aliphatic rings. The highest BCUT2D eigenvalue weighted by molar-refractivity contribution is 5.96. The van der Waals surface area contributed by atoms with E-state index in [-0.39, 0.29) is 0 Å². The highest BCUT2D eigenvalue weighted by Crippen LogP contribution is 2.10. The van der Waals surface area contributed by atoms with Gasteiger partial charge in [-0.05, 0) is 12.8 Å². The first-order valence-electron chi connectivity index (χ1n) is 9.78. The number of amides is 4. The van der Waals surface area contributed by atoms with Crippen molar-refractivity contribution in [1.82, 2.24) is 16.0 Å². The molecule has 10 N–H and O–H groups in total. The summed E-state index contributed by atoms with van der Waals surface area (Å²) in [5.74, 6) is -7.43. The first-order chi connectivity index (χ1) is 14.7. The number of rotatable bonds is 14. The van der Waals surface area contributed by atoms with Crippen LogP contribution >= 0.6 is 0 Å². The molecule has 0 spiro atoms. The van der Waals surface area contributed by atoms with Crippen LogP contribution in [0.2, 0.25) is 0 Å². The van der Waals surface area contributed by atoms with Crippen LogP contribution in [0.3, 0.4) is 0 Å². The predicted octanol–water partition coefficient (Wildman–Crippen LogP) is -3.37. The highest BCUT2D eigenvalue weighted by atomic mass is 16.4. The number of aliphatic carboxylic acids is 2. The molecule has 14 nitrogen and oxygen atoms in total. The second-order valence-corrected chi connectivity index (χ2v) is 7.37. The van der Waals surface area contributed by atoms with E-state index < -0.39 is 84.6 Å². The lowest BCUT2D eigenvalue weighted by Crippen LogP contribution is -2.60. The predicted molar refractivity (Wildman–Crippen MR) is 109 cm³/mol. The van der Waals surface area contributed by atoms with E-state index in [9.17, 15) is 33.9 Å². The lowest BCUT2D eigenvalue weighted by atomic mass is 9.97. The summed E-state index contributed by atoms with van der Waals surface area (Å²) in [5, 5.41) is 33.9. The Morgan fingerprint density at radius 3 is 1.78 bits per heavy atom. The molecule has 0 heterocycles. The lowest BCUT2D eigenvalue weighted by molar-refractivity contribution is -0.147. The Bertz CT molecular complexity index is 728. The van der Waals surface area contributed by atoms with E-state index in [1.807, 2.05) is 0 Å². The number of carboxylic acids is 2. The number of aliphatic hydroxyl groups excluding tert-OH is 1. The Balaban J connectivity index is 5.61. The average molecular weight is 461 g/mol. The van der Waals surface area contributed by atoms with Crippen LogP contribution in [-0.4, -0.2) is 81.2 Å². The molecular formula is C18H31N5O9. The minimum atomic E-state index is -1.74. The van der Waals surface area contributed by atoms with Gasteiger partial charge in [0.2, 0.25) is 23.6 Å². The SMILES string of the molecule is CCC(C)C(NC(=O)C(CC(N)=O)NC(=O)C(N)C(C)O)C(=O)NC(CC(=O)O)C(=O)O. The van der Waals surface area contributed by atoms with E-state index >= 15 is 0 Å². The molecule has 0 rings (SSSR count). The number of carboxylic acid groups (broad SMARTS) is 2. The smallest absolute Gasteiger partial charge is 0.326 e. The van der Waals surface area contributed by atoms with Gasteiger partial charge in [0, 0.05) is 0 Å². The molecule has 0 aliphatic heterocycles. The number of aliphatic hydroxyl groups is 1. The first kappa shape index (κ1) is 28.7. The molecule has 4 amide bonds. The van der Waals surface area contributed by atoms with Crippen molar-refractivity contribution < 1.29 is 44.1 Å². The molecule has 0 saturated carbocycles. The van der Waals surface area contributed by atoms with Crippen molar-refractivity contribution in [3.63, 3.8) is 0 Å². The fraction of sp³-hybridized carbons (Fsp3) is 0.667. The Hall–Kier alpha value is -3.26. The van der Waals surface area contributed by atoms with E-state index in [0.29, 0.717) is 6.42 Å². The summed E-state index contributed by atoms with van der Waals surface area (Å²) >= 11 is 0. The maximum Gasteiger partial charge on any atom is 0.326 e. The highest BCUT2D eigenvalue weighted by Gasteiger charge is 2.34. The van der Waals surface area contributed by atoms with E-state index in [0.717, 1.165) is 0 Å². The van der Waals surface area contributed by atoms with E-state index in [4.69, 9.17) is 21.7 Å². The van der Waals surface area contributed by atoms with Crippen LogP contribution in [0, 0.1) is 5.92 Å². The Labute approximate surface area is 184 Å². The second kappa shape index (κ2) is 13.2. The molecule has 0 aromatic rings. The van der Waals surface area contributed by atoms with Gasteiger partial charge in [-0.2, -0.15) is 0 Å². The van der Waals surface area contributed by atoms with Crippen molar-refractivity contribution in [3.8, 4) is 0 Å². The number of nitrogens with one attached hydrogen (secondary N) is 3. The summed E-state index contributed by atoms with van der Waals surface area (Å²) in [5.41, 5.74) is 10.6. The maximum atomic E-state index is 12.7. The summed E-state index contributed by atoms with van der Waals surface area (Å²) in [6.07, 6.45) is -2.43. The van der Waals surface area contributed by atoms with Gasteiger partial charge in [-0.1, -0.05) is 20.3 Å². The number of hydrogen-bond donors (Lipinski definition) is 8. The Kier molecular flexibility index (Phi) is 11.9. The third-order valence-corrected chi connectivity index (χ3v) is 4.65. The van der Waals surface area contributed by atoms with Crippen LogP contribution in [0.4, 0.5) is 0 Å². The van der Waals surface area contributed by atoms with Crippen molar-refractivity contribution in [1.29, 1.82) is 0 Å². The van der Waals surface area contributed by atoms with E-state index in [1.165, 1.54) is 6.92 Å². The van der Waals surface area contributed by atoms with Gasteiger partial charge in [0.15, 0.2) is 0 Å². The molecule has 6 unspecified atom stereocenters. The molecular weight excluding hydrogens is 430 g/mol. The molecule has 0 bridgehead atoms. The fourth-order valence-electron chi connectivity index (χ4n) is 2.49. The summed E-state index contributed by atoms with van der Waals surface area (Å²) in [6, 6.07) is -5.99. The zero-order chi connectivity index (χ0) is 25.2. The van der Waals surface area contributed by atoms with Crippen molar-refractivity contribution in [2.45, 2.75) is 70.3 Å². The van der Waals surface area contributed by atoms with Gasteiger partial charge in [0.05, 0.1) is 18.9 Å². The monoisotopic (exact) mass is 461 g/mol. The summed E-state index contributed by atoms with van der Waals surface area (Å²) < 4.78 is 0. The molecule has 0 fully saturated rings. The van der Waals surface area contributed by atoms with Gasteiger partial charge in [-0.3, -0.25) is 24.0 Å². The summed E-state index contributed by atoms with van der Waals surface area (Å²) in [4.78, 5) is 70.8. The Morgan fingerprint density at radius 1 is 0.844 bits per heavy atom. The van der Waals surface area contributed by atoms with Crippen molar-refractivity contribution in [2.75, 3.05) is 0 Å². The number of primary amides is 1. The van der Waals surface area contributed by atoms with Crippen molar-refractivity contribution in [2.24, 2.45) is 17.4 Å². The molecule has 182 valence electrons. The van der Waals surface area contributed by atoms with Gasteiger partial charge in [0.1, 0.15) is 24.2 Å². The van der Waals surface area contributed by atoms with Crippen molar-refractivity contribution in [3.05, 3.63) is 0 Å². The third kappa shape index (κ3) is 9.70. The summed E-state index contributed by atoms with van der Waals surface area (Å²) in [6.45, 7) is 4.50. The zero-order valence-electron chi connectivity index (χ0n) is 18.0. The quantitative estimate of drug-likeness (QED) is 0.127. The summed E-state index contributed by atoms with van der Waals surface area (Å²) in [7, 11) is 0. The topological polar surface area (TPSA) is 251 Å². The molecule has 0 radical (unpaired) electrons. The standard InChI is InChI=1S/C18H31N5O9/c1-4-7(2)14(17(30)22-10(18(31)32)6-12(26)27)23-15(28)9(5-11(19)25)21-16(29)13(20)8(3)24/h7-10,13-14,24H,4-6,20H2,1-3H3,(H2,19,25)(H,21,29)(H,22,30)(H,23,28)(H,26,27)(H,31,32). The van der Waals surface area contributed by atoms with Crippen LogP contribution in [0.1, 0.15) is 40.0 Å². The van der Waals surface area contributed by atoms with Gasteiger partial charge >= 0.3 is 11.9 Å². The van der Waals surface area contributed by atoms with E-state index in [2.05, 4.69) is 16.0 Å². The minimum Gasteiger partial charge on any atom is -0.481 e. The number of hydrogen-bond acceptors (Lipinski definition) is 8. The molecule has 14 heteroatoms. The number of carbonyl (C=O) groups excluding carboxylic acids is 4. The molecule has 32 heavy (non-hydrogen) atoms. The molecule has 0 aromatic heterocycles. The van der Waals surface area contributed by atoms with Crippen LogP contribution in [-0.2, 0) is 28.8 Å². The van der Waals surface area contributed by atoms with Gasteiger partial charge < -0.3 is 42.7 Å². The first-order valence-corrected chi connectivity index (χ1v) is 9.78. The van der Waals surface area contributed by atoms with Crippen LogP contribution < -0.4 is 27.4 Å². The second-order valence-electron chi connectivity index (χ2n) is 7.37. The van der Waals surface area contributed by atoms with Crippen molar-refractivity contribution >= 4 is 35.6 Å². The molecule has 0 aromatic carbocycles. The third-order valence-electron chi connectivity index (χ3n) is 4.65. The number of nitrogens with two attached hydrogens (primary N) is 2. The Morgan fingerprint density at radius 2 is 1.38 bits per heavy atom. The van der Waals surface area contributed by atoms with Gasteiger partial charge in [-0.15, -0.1) is 0 Å². The lowest BCUT2D eigenvalue weighted by Gasteiger charge is -2.27. The zero-order valence-corrected chi connectivity index (χ0v) is 18.0. The normalized spacial score (nSPS) is 16.4. The molecule has 0 saturated heterocycles. The minimum absolute atomic E-state index is 0.356. The van der Waals surface area contributed by atoms with Gasteiger partial charge in [0.25, 0.3) is 0 Å². The fourth-order valence-corrected chi connectivity index (χ4v) is 2.49. The molecule has 0 aliphatic carbocycles. The van der Waals surface area contributed by atoms with Crippen LogP contribution in [0.5, 0.6) is 0 Å². The largest absolute Gasteiger partial charge is 0.481 e. The van der Waals surface area contributed by atoms with Crippen LogP contribution in [0.15, 0.2) is 0 Å². The van der Waals surface area contributed by atoms with Crippen LogP contribution in [0.25, 0.3) is 0 Å². The van der Waals surface area contributed by atoms with E-state index in [1.54, 1.807) is 13.8 Å². The van der Waals surface area contributed by atoms with Gasteiger partial charge in [-0.25, -0.2) is 4.79 Å².